The predicted octanol–water partition coefficient (Wildman–Crippen LogP) is 2.42. The van der Waals surface area contributed by atoms with Gasteiger partial charge in [0.05, 0.1) is 23.6 Å². The van der Waals surface area contributed by atoms with Crippen LogP contribution in [0.25, 0.3) is 11.0 Å². The molecule has 0 spiro atoms. The van der Waals surface area contributed by atoms with Gasteiger partial charge in [0.25, 0.3) is 0 Å². The Morgan fingerprint density at radius 1 is 1.38 bits per heavy atom. The second-order valence-corrected chi connectivity index (χ2v) is 3.77. The fourth-order valence-corrected chi connectivity index (χ4v) is 1.70. The van der Waals surface area contributed by atoms with Crippen molar-refractivity contribution in [2.24, 2.45) is 0 Å². The number of rotatable bonds is 1. The van der Waals surface area contributed by atoms with Gasteiger partial charge in [-0.2, -0.15) is 0 Å². The van der Waals surface area contributed by atoms with Gasteiger partial charge in [-0.05, 0) is 12.8 Å². The summed E-state index contributed by atoms with van der Waals surface area (Å²) >= 11 is 5.76. The molecule has 3 rings (SSSR count). The average molecular weight is 194 g/mol. The van der Waals surface area contributed by atoms with Crippen LogP contribution in [0.5, 0.6) is 0 Å². The van der Waals surface area contributed by atoms with Crippen molar-refractivity contribution < 1.29 is 0 Å². The molecule has 1 fully saturated rings. The van der Waals surface area contributed by atoms with Crippen LogP contribution in [0.1, 0.15) is 18.9 Å². The SMILES string of the molecule is Clc1cc2ncn(C3CC3)c2cn1. The lowest BCUT2D eigenvalue weighted by Gasteiger charge is -1.98. The van der Waals surface area contributed by atoms with Gasteiger partial charge in [0.1, 0.15) is 5.15 Å². The van der Waals surface area contributed by atoms with Gasteiger partial charge in [-0.15, -0.1) is 0 Å². The van der Waals surface area contributed by atoms with Crippen LogP contribution in [0.2, 0.25) is 5.15 Å². The van der Waals surface area contributed by atoms with Crippen molar-refractivity contribution in [2.45, 2.75) is 18.9 Å². The van der Waals surface area contributed by atoms with Crippen molar-refractivity contribution in [1.29, 1.82) is 0 Å². The maximum absolute atomic E-state index is 5.76. The number of hydrogen-bond donors (Lipinski definition) is 0. The van der Waals surface area contributed by atoms with E-state index in [2.05, 4.69) is 14.5 Å². The van der Waals surface area contributed by atoms with E-state index in [1.54, 1.807) is 12.3 Å². The number of imidazole rings is 1. The van der Waals surface area contributed by atoms with Crippen molar-refractivity contribution in [1.82, 2.24) is 14.5 Å². The number of halogens is 1. The van der Waals surface area contributed by atoms with E-state index in [1.807, 2.05) is 6.33 Å². The van der Waals surface area contributed by atoms with Gasteiger partial charge in [-0.25, -0.2) is 9.97 Å². The normalized spacial score (nSPS) is 16.7. The van der Waals surface area contributed by atoms with Crippen molar-refractivity contribution >= 4 is 22.6 Å². The first-order valence-corrected chi connectivity index (χ1v) is 4.70. The van der Waals surface area contributed by atoms with E-state index in [9.17, 15) is 0 Å². The number of aromatic nitrogens is 3. The second-order valence-electron chi connectivity index (χ2n) is 3.38. The lowest BCUT2D eigenvalue weighted by molar-refractivity contribution is 0.765. The van der Waals surface area contributed by atoms with Crippen LogP contribution in [0.4, 0.5) is 0 Å². The molecule has 4 heteroatoms. The molecule has 0 atom stereocenters. The summed E-state index contributed by atoms with van der Waals surface area (Å²) in [6.45, 7) is 0. The monoisotopic (exact) mass is 193 g/mol. The molecule has 0 amide bonds. The summed E-state index contributed by atoms with van der Waals surface area (Å²) in [5.41, 5.74) is 2.03. The molecule has 2 aromatic heterocycles. The van der Waals surface area contributed by atoms with Crippen LogP contribution in [-0.4, -0.2) is 14.5 Å². The highest BCUT2D eigenvalue weighted by molar-refractivity contribution is 6.29. The Morgan fingerprint density at radius 2 is 2.23 bits per heavy atom. The molecule has 1 aliphatic rings. The van der Waals surface area contributed by atoms with E-state index in [4.69, 9.17) is 11.6 Å². The Bertz CT molecular complexity index is 459. The zero-order valence-corrected chi connectivity index (χ0v) is 7.70. The molecule has 2 heterocycles. The maximum Gasteiger partial charge on any atom is 0.131 e. The predicted molar refractivity (Wildman–Crippen MR) is 50.8 cm³/mol. The molecule has 2 aromatic rings. The summed E-state index contributed by atoms with van der Waals surface area (Å²) in [6, 6.07) is 2.45. The Hall–Kier alpha value is -1.09. The van der Waals surface area contributed by atoms with Gasteiger partial charge >= 0.3 is 0 Å². The van der Waals surface area contributed by atoms with E-state index in [0.29, 0.717) is 11.2 Å². The zero-order chi connectivity index (χ0) is 8.84. The Kier molecular flexibility index (Phi) is 1.38. The van der Waals surface area contributed by atoms with Crippen LogP contribution in [0, 0.1) is 0 Å². The van der Waals surface area contributed by atoms with Crippen molar-refractivity contribution in [3.05, 3.63) is 23.7 Å². The Labute approximate surface area is 80.4 Å². The molecule has 0 radical (unpaired) electrons. The first kappa shape index (κ1) is 7.33. The smallest absolute Gasteiger partial charge is 0.131 e. The van der Waals surface area contributed by atoms with E-state index < -0.39 is 0 Å². The minimum atomic E-state index is 0.508. The standard InChI is InChI=1S/C9H8ClN3/c10-9-3-7-8(4-11-9)13(5-12-7)6-1-2-6/h3-6H,1-2H2. The zero-order valence-electron chi connectivity index (χ0n) is 6.94. The fourth-order valence-electron chi connectivity index (χ4n) is 1.55. The molecule has 0 saturated heterocycles. The summed E-state index contributed by atoms with van der Waals surface area (Å²) in [4.78, 5) is 8.33. The lowest BCUT2D eigenvalue weighted by atomic mass is 10.4. The minimum Gasteiger partial charge on any atom is -0.326 e. The van der Waals surface area contributed by atoms with Gasteiger partial charge < -0.3 is 4.57 Å². The first-order valence-electron chi connectivity index (χ1n) is 4.33. The van der Waals surface area contributed by atoms with E-state index in [0.717, 1.165) is 11.0 Å². The van der Waals surface area contributed by atoms with Crippen LogP contribution in [-0.2, 0) is 0 Å². The number of nitrogens with zero attached hydrogens (tertiary/aromatic N) is 3. The van der Waals surface area contributed by atoms with E-state index in [-0.39, 0.29) is 0 Å². The van der Waals surface area contributed by atoms with Crippen molar-refractivity contribution in [2.75, 3.05) is 0 Å². The second kappa shape index (κ2) is 2.45. The van der Waals surface area contributed by atoms with Gasteiger partial charge in [-0.3, -0.25) is 0 Å². The third-order valence-electron chi connectivity index (χ3n) is 2.37. The third kappa shape index (κ3) is 1.11. The molecule has 1 aliphatic carbocycles. The van der Waals surface area contributed by atoms with Crippen LogP contribution >= 0.6 is 11.6 Å². The van der Waals surface area contributed by atoms with E-state index in [1.165, 1.54) is 12.8 Å². The van der Waals surface area contributed by atoms with Crippen LogP contribution in [0.15, 0.2) is 18.6 Å². The van der Waals surface area contributed by atoms with E-state index >= 15 is 0 Å². The van der Waals surface area contributed by atoms with Gasteiger partial charge in [0.15, 0.2) is 0 Å². The number of hydrogen-bond acceptors (Lipinski definition) is 2. The maximum atomic E-state index is 5.76. The minimum absolute atomic E-state index is 0.508. The van der Waals surface area contributed by atoms with Crippen LogP contribution in [0.3, 0.4) is 0 Å². The molecule has 0 aliphatic heterocycles. The lowest BCUT2D eigenvalue weighted by Crippen LogP contribution is -1.90. The van der Waals surface area contributed by atoms with Gasteiger partial charge in [-0.1, -0.05) is 11.6 Å². The topological polar surface area (TPSA) is 30.7 Å². The largest absolute Gasteiger partial charge is 0.326 e. The fraction of sp³-hybridized carbons (Fsp3) is 0.333. The molecule has 66 valence electrons. The third-order valence-corrected chi connectivity index (χ3v) is 2.57. The van der Waals surface area contributed by atoms with Gasteiger partial charge in [0.2, 0.25) is 0 Å². The molecular formula is C9H8ClN3. The Morgan fingerprint density at radius 3 is 3.00 bits per heavy atom. The highest BCUT2D eigenvalue weighted by Crippen LogP contribution is 2.36. The van der Waals surface area contributed by atoms with Crippen LogP contribution < -0.4 is 0 Å². The molecule has 0 bridgehead atoms. The molecule has 13 heavy (non-hydrogen) atoms. The molecule has 0 aromatic carbocycles. The molecular weight excluding hydrogens is 186 g/mol. The number of pyridine rings is 1. The highest BCUT2D eigenvalue weighted by atomic mass is 35.5. The first-order chi connectivity index (χ1) is 6.34. The summed E-state index contributed by atoms with van der Waals surface area (Å²) in [7, 11) is 0. The average Bonchev–Trinajstić information content (AvgIpc) is 2.87. The molecule has 3 nitrogen and oxygen atoms in total. The molecule has 0 unspecified atom stereocenters. The van der Waals surface area contributed by atoms with Crippen molar-refractivity contribution in [3.63, 3.8) is 0 Å². The van der Waals surface area contributed by atoms with Gasteiger partial charge in [0, 0.05) is 12.1 Å². The Balaban J connectivity index is 2.26. The molecule has 1 saturated carbocycles. The van der Waals surface area contributed by atoms with Crippen molar-refractivity contribution in [3.8, 4) is 0 Å². The highest BCUT2D eigenvalue weighted by Gasteiger charge is 2.24. The number of fused-ring (bicyclic) bond motifs is 1. The summed E-state index contributed by atoms with van der Waals surface area (Å²) in [5, 5.41) is 0.508. The summed E-state index contributed by atoms with van der Waals surface area (Å²) in [5.74, 6) is 0. The quantitative estimate of drug-likeness (QED) is 0.652. The summed E-state index contributed by atoms with van der Waals surface area (Å²) < 4.78 is 2.18. The summed E-state index contributed by atoms with van der Waals surface area (Å²) in [6.07, 6.45) is 6.19. The molecule has 0 N–H and O–H groups in total.